The highest BCUT2D eigenvalue weighted by molar-refractivity contribution is 4.89. The van der Waals surface area contributed by atoms with E-state index >= 15 is 0 Å². The lowest BCUT2D eigenvalue weighted by Gasteiger charge is -2.17. The number of nitrogens with one attached hydrogen (secondary N) is 1. The Balaban J connectivity index is 2.50. The van der Waals surface area contributed by atoms with Crippen LogP contribution < -0.4 is 5.32 Å². The van der Waals surface area contributed by atoms with Crippen LogP contribution in [0.1, 0.15) is 39.4 Å². The van der Waals surface area contributed by atoms with Crippen molar-refractivity contribution in [1.82, 2.24) is 20.1 Å². The van der Waals surface area contributed by atoms with Crippen LogP contribution in [0.5, 0.6) is 0 Å². The molecule has 0 aliphatic heterocycles. The number of hydrogen-bond donors (Lipinski definition) is 1. The summed E-state index contributed by atoms with van der Waals surface area (Å²) < 4.78 is 7.43. The summed E-state index contributed by atoms with van der Waals surface area (Å²) in [5.74, 6) is 1.07. The molecule has 0 aromatic carbocycles. The maximum Gasteiger partial charge on any atom is 0.138 e. The minimum absolute atomic E-state index is 0.418. The SMILES string of the molecule is CCCn1ncnc1CC(CCOCC)NCC. The normalized spacial score (nSPS) is 12.8. The van der Waals surface area contributed by atoms with Crippen molar-refractivity contribution in [2.24, 2.45) is 0 Å². The molecule has 1 atom stereocenters. The maximum atomic E-state index is 5.42. The molecule has 1 aromatic rings. The second-order valence-electron chi connectivity index (χ2n) is 4.34. The van der Waals surface area contributed by atoms with Gasteiger partial charge in [0.2, 0.25) is 0 Å². The molecule has 0 radical (unpaired) electrons. The molecule has 1 rings (SSSR count). The number of ether oxygens (including phenoxy) is 1. The van der Waals surface area contributed by atoms with E-state index in [4.69, 9.17) is 4.74 Å². The van der Waals surface area contributed by atoms with Gasteiger partial charge in [-0.1, -0.05) is 13.8 Å². The van der Waals surface area contributed by atoms with Crippen molar-refractivity contribution < 1.29 is 4.74 Å². The van der Waals surface area contributed by atoms with E-state index in [0.29, 0.717) is 6.04 Å². The van der Waals surface area contributed by atoms with Crippen LogP contribution in [0, 0.1) is 0 Å². The van der Waals surface area contributed by atoms with E-state index in [0.717, 1.165) is 51.4 Å². The molecule has 104 valence electrons. The van der Waals surface area contributed by atoms with Crippen LogP contribution in [0.3, 0.4) is 0 Å². The molecule has 0 saturated heterocycles. The summed E-state index contributed by atoms with van der Waals surface area (Å²) in [6, 6.07) is 0.418. The van der Waals surface area contributed by atoms with Gasteiger partial charge in [-0.2, -0.15) is 5.10 Å². The Bertz CT molecular complexity index is 314. The van der Waals surface area contributed by atoms with Gasteiger partial charge in [0.15, 0.2) is 0 Å². The smallest absolute Gasteiger partial charge is 0.138 e. The maximum absolute atomic E-state index is 5.42. The van der Waals surface area contributed by atoms with Crippen LogP contribution in [0.4, 0.5) is 0 Å². The largest absolute Gasteiger partial charge is 0.382 e. The van der Waals surface area contributed by atoms with Crippen molar-refractivity contribution in [2.45, 2.75) is 52.6 Å². The molecule has 1 aromatic heterocycles. The number of nitrogens with zero attached hydrogens (tertiary/aromatic N) is 3. The predicted octanol–water partition coefficient (Wildman–Crippen LogP) is 1.64. The molecule has 1 heterocycles. The Labute approximate surface area is 110 Å². The molecular weight excluding hydrogens is 228 g/mol. The fourth-order valence-corrected chi connectivity index (χ4v) is 2.00. The van der Waals surface area contributed by atoms with Crippen molar-refractivity contribution in [3.05, 3.63) is 12.2 Å². The fourth-order valence-electron chi connectivity index (χ4n) is 2.00. The van der Waals surface area contributed by atoms with E-state index in [1.54, 1.807) is 6.33 Å². The highest BCUT2D eigenvalue weighted by Crippen LogP contribution is 2.04. The standard InChI is InChI=1S/C13H26N4O/c1-4-8-17-13(15-11-16-17)10-12(14-5-2)7-9-18-6-3/h11-12,14H,4-10H2,1-3H3. The molecule has 1 unspecified atom stereocenters. The molecule has 0 bridgehead atoms. The summed E-state index contributed by atoms with van der Waals surface area (Å²) in [5.41, 5.74) is 0. The molecule has 0 saturated carbocycles. The fraction of sp³-hybridized carbons (Fsp3) is 0.846. The van der Waals surface area contributed by atoms with Gasteiger partial charge >= 0.3 is 0 Å². The van der Waals surface area contributed by atoms with E-state index in [1.165, 1.54) is 0 Å². The summed E-state index contributed by atoms with van der Waals surface area (Å²) in [6.45, 7) is 9.81. The highest BCUT2D eigenvalue weighted by Gasteiger charge is 2.12. The van der Waals surface area contributed by atoms with Crippen molar-refractivity contribution in [3.63, 3.8) is 0 Å². The lowest BCUT2D eigenvalue weighted by atomic mass is 10.1. The summed E-state index contributed by atoms with van der Waals surface area (Å²) in [4.78, 5) is 4.36. The third-order valence-corrected chi connectivity index (χ3v) is 2.87. The molecule has 5 heteroatoms. The molecule has 18 heavy (non-hydrogen) atoms. The van der Waals surface area contributed by atoms with Gasteiger partial charge in [-0.15, -0.1) is 0 Å². The van der Waals surface area contributed by atoms with Crippen LogP contribution in [0.25, 0.3) is 0 Å². The average Bonchev–Trinajstić information content (AvgIpc) is 2.78. The Morgan fingerprint density at radius 1 is 1.39 bits per heavy atom. The molecule has 0 amide bonds. The predicted molar refractivity (Wildman–Crippen MR) is 72.6 cm³/mol. The first-order chi connectivity index (χ1) is 8.81. The van der Waals surface area contributed by atoms with Gasteiger partial charge in [0.05, 0.1) is 0 Å². The van der Waals surface area contributed by atoms with Gasteiger partial charge in [0.1, 0.15) is 12.2 Å². The zero-order chi connectivity index (χ0) is 13.2. The van der Waals surface area contributed by atoms with Gasteiger partial charge in [-0.25, -0.2) is 4.98 Å². The molecule has 0 aliphatic carbocycles. The first-order valence-corrected chi connectivity index (χ1v) is 6.99. The number of hydrogen-bond acceptors (Lipinski definition) is 4. The van der Waals surface area contributed by atoms with Crippen molar-refractivity contribution in [2.75, 3.05) is 19.8 Å². The Hall–Kier alpha value is -0.940. The van der Waals surface area contributed by atoms with Gasteiger partial charge in [0.25, 0.3) is 0 Å². The lowest BCUT2D eigenvalue weighted by molar-refractivity contribution is 0.136. The van der Waals surface area contributed by atoms with Crippen molar-refractivity contribution in [1.29, 1.82) is 0 Å². The van der Waals surface area contributed by atoms with E-state index in [-0.39, 0.29) is 0 Å². The van der Waals surface area contributed by atoms with E-state index in [1.807, 2.05) is 11.6 Å². The first-order valence-electron chi connectivity index (χ1n) is 6.99. The Kier molecular flexibility index (Phi) is 7.60. The van der Waals surface area contributed by atoms with Gasteiger partial charge in [0, 0.05) is 32.2 Å². The van der Waals surface area contributed by atoms with Crippen LogP contribution in [0.2, 0.25) is 0 Å². The Morgan fingerprint density at radius 3 is 2.89 bits per heavy atom. The zero-order valence-electron chi connectivity index (χ0n) is 11.9. The molecule has 0 aliphatic rings. The average molecular weight is 254 g/mol. The van der Waals surface area contributed by atoms with Gasteiger partial charge in [-0.3, -0.25) is 4.68 Å². The summed E-state index contributed by atoms with van der Waals surface area (Å²) in [5, 5.41) is 7.75. The molecule has 0 fully saturated rings. The second-order valence-corrected chi connectivity index (χ2v) is 4.34. The monoisotopic (exact) mass is 254 g/mol. The number of aryl methyl sites for hydroxylation is 1. The molecular formula is C13H26N4O. The number of likely N-dealkylation sites (N-methyl/N-ethyl adjacent to an activating group) is 1. The molecule has 0 spiro atoms. The third-order valence-electron chi connectivity index (χ3n) is 2.87. The lowest BCUT2D eigenvalue weighted by Crippen LogP contribution is -2.33. The van der Waals surface area contributed by atoms with Gasteiger partial charge < -0.3 is 10.1 Å². The van der Waals surface area contributed by atoms with Crippen LogP contribution in [-0.2, 0) is 17.7 Å². The summed E-state index contributed by atoms with van der Waals surface area (Å²) >= 11 is 0. The minimum Gasteiger partial charge on any atom is -0.382 e. The number of rotatable bonds is 10. The van der Waals surface area contributed by atoms with Gasteiger partial charge in [-0.05, 0) is 26.3 Å². The van der Waals surface area contributed by atoms with E-state index in [2.05, 4.69) is 29.2 Å². The van der Waals surface area contributed by atoms with E-state index < -0.39 is 0 Å². The first kappa shape index (κ1) is 15.1. The highest BCUT2D eigenvalue weighted by atomic mass is 16.5. The van der Waals surface area contributed by atoms with Crippen molar-refractivity contribution in [3.8, 4) is 0 Å². The molecule has 1 N–H and O–H groups in total. The topological polar surface area (TPSA) is 52.0 Å². The summed E-state index contributed by atoms with van der Waals surface area (Å²) in [7, 11) is 0. The van der Waals surface area contributed by atoms with Crippen LogP contribution >= 0.6 is 0 Å². The third kappa shape index (κ3) is 5.14. The van der Waals surface area contributed by atoms with Crippen LogP contribution in [-0.4, -0.2) is 40.6 Å². The quantitative estimate of drug-likeness (QED) is 0.645. The van der Waals surface area contributed by atoms with E-state index in [9.17, 15) is 0 Å². The van der Waals surface area contributed by atoms with Crippen molar-refractivity contribution >= 4 is 0 Å². The zero-order valence-corrected chi connectivity index (χ0v) is 11.9. The minimum atomic E-state index is 0.418. The number of aromatic nitrogens is 3. The second kappa shape index (κ2) is 9.05. The Morgan fingerprint density at radius 2 is 2.22 bits per heavy atom. The van der Waals surface area contributed by atoms with Crippen LogP contribution in [0.15, 0.2) is 6.33 Å². The molecule has 5 nitrogen and oxygen atoms in total. The summed E-state index contributed by atoms with van der Waals surface area (Å²) in [6.07, 6.45) is 4.67.